The van der Waals surface area contributed by atoms with E-state index in [-0.39, 0.29) is 17.2 Å². The maximum Gasteiger partial charge on any atom is 0.416 e. The molecule has 6 heteroatoms. The summed E-state index contributed by atoms with van der Waals surface area (Å²) in [6, 6.07) is 3.51. The monoisotopic (exact) mass is 225 g/mol. The van der Waals surface area contributed by atoms with Crippen LogP contribution in [0.5, 0.6) is 0 Å². The molecule has 2 N–H and O–H groups in total. The van der Waals surface area contributed by atoms with Gasteiger partial charge in [-0.05, 0) is 12.1 Å². The lowest BCUT2D eigenvalue weighted by atomic mass is 10.1. The summed E-state index contributed by atoms with van der Waals surface area (Å²) in [5.74, 6) is 4.72. The van der Waals surface area contributed by atoms with Crippen LogP contribution in [0.15, 0.2) is 18.2 Å². The van der Waals surface area contributed by atoms with Gasteiger partial charge in [-0.1, -0.05) is 17.7 Å². The van der Waals surface area contributed by atoms with Gasteiger partial charge in [-0.3, -0.25) is 4.84 Å². The third-order valence-electron chi connectivity index (χ3n) is 1.65. The minimum absolute atomic E-state index is 0.00900. The first-order chi connectivity index (χ1) is 6.46. The Balaban J connectivity index is 3.21. The Kier molecular flexibility index (Phi) is 3.36. The summed E-state index contributed by atoms with van der Waals surface area (Å²) in [5, 5.41) is -0.00900. The number of rotatable bonds is 2. The predicted molar refractivity (Wildman–Crippen MR) is 45.4 cm³/mol. The lowest BCUT2D eigenvalue weighted by Gasteiger charge is -2.12. The van der Waals surface area contributed by atoms with Gasteiger partial charge >= 0.3 is 6.18 Å². The molecule has 0 radical (unpaired) electrons. The normalized spacial score (nSPS) is 11.8. The van der Waals surface area contributed by atoms with Gasteiger partial charge in [-0.25, -0.2) is 5.90 Å². The van der Waals surface area contributed by atoms with Gasteiger partial charge in [0.25, 0.3) is 0 Å². The lowest BCUT2D eigenvalue weighted by Crippen LogP contribution is -2.11. The summed E-state index contributed by atoms with van der Waals surface area (Å²) in [4.78, 5) is 4.16. The van der Waals surface area contributed by atoms with Crippen molar-refractivity contribution in [2.75, 3.05) is 0 Å². The Hall–Kier alpha value is -0.780. The number of benzene rings is 1. The molecule has 2 nitrogen and oxygen atoms in total. The lowest BCUT2D eigenvalue weighted by molar-refractivity contribution is -0.138. The van der Waals surface area contributed by atoms with Crippen molar-refractivity contribution >= 4 is 11.6 Å². The molecule has 0 aromatic heterocycles. The van der Waals surface area contributed by atoms with E-state index >= 15 is 0 Å². The standard InChI is InChI=1S/C8H7ClF3NO/c9-7-3-1-2-6(8(10,11)12)5(7)4-14-13/h1-3H,4,13H2. The molecule has 14 heavy (non-hydrogen) atoms. The van der Waals surface area contributed by atoms with Gasteiger partial charge in [-0.2, -0.15) is 13.2 Å². The largest absolute Gasteiger partial charge is 0.416 e. The second-order valence-corrected chi connectivity index (χ2v) is 2.98. The molecule has 1 aromatic rings. The van der Waals surface area contributed by atoms with Crippen LogP contribution in [-0.4, -0.2) is 0 Å². The fraction of sp³-hybridized carbons (Fsp3) is 0.250. The molecule has 0 aliphatic heterocycles. The average molecular weight is 226 g/mol. The number of nitrogens with two attached hydrogens (primary N) is 1. The number of hydrogen-bond donors (Lipinski definition) is 1. The molecule has 78 valence electrons. The minimum Gasteiger partial charge on any atom is -0.300 e. The molecule has 0 saturated heterocycles. The maximum absolute atomic E-state index is 12.4. The Morgan fingerprint density at radius 3 is 2.50 bits per heavy atom. The summed E-state index contributed by atoms with van der Waals surface area (Å²) in [7, 11) is 0. The van der Waals surface area contributed by atoms with Crippen LogP contribution in [0.4, 0.5) is 13.2 Å². The van der Waals surface area contributed by atoms with Crippen LogP contribution in [-0.2, 0) is 17.6 Å². The molecule has 0 heterocycles. The van der Waals surface area contributed by atoms with Crippen LogP contribution in [0.1, 0.15) is 11.1 Å². The van der Waals surface area contributed by atoms with E-state index in [1.807, 2.05) is 0 Å². The van der Waals surface area contributed by atoms with Crippen molar-refractivity contribution in [3.8, 4) is 0 Å². The molecule has 1 rings (SSSR count). The van der Waals surface area contributed by atoms with E-state index in [1.165, 1.54) is 12.1 Å². The van der Waals surface area contributed by atoms with Crippen molar-refractivity contribution in [2.45, 2.75) is 12.8 Å². The third-order valence-corrected chi connectivity index (χ3v) is 2.01. The fourth-order valence-electron chi connectivity index (χ4n) is 1.05. The van der Waals surface area contributed by atoms with Crippen molar-refractivity contribution in [3.05, 3.63) is 34.3 Å². The second kappa shape index (κ2) is 4.16. The quantitative estimate of drug-likeness (QED) is 0.786. The van der Waals surface area contributed by atoms with Crippen molar-refractivity contribution in [1.82, 2.24) is 0 Å². The zero-order chi connectivity index (χ0) is 10.8. The topological polar surface area (TPSA) is 35.2 Å². The van der Waals surface area contributed by atoms with Gasteiger partial charge in [0, 0.05) is 10.6 Å². The highest BCUT2D eigenvalue weighted by molar-refractivity contribution is 6.31. The fourth-order valence-corrected chi connectivity index (χ4v) is 1.28. The van der Waals surface area contributed by atoms with Gasteiger partial charge < -0.3 is 0 Å². The highest BCUT2D eigenvalue weighted by Crippen LogP contribution is 2.35. The summed E-state index contributed by atoms with van der Waals surface area (Å²) in [6.45, 7) is -0.367. The summed E-state index contributed by atoms with van der Waals surface area (Å²) in [5.41, 5.74) is -0.973. The van der Waals surface area contributed by atoms with Crippen LogP contribution in [0.3, 0.4) is 0 Å². The van der Waals surface area contributed by atoms with Crippen molar-refractivity contribution in [3.63, 3.8) is 0 Å². The zero-order valence-corrected chi connectivity index (χ0v) is 7.69. The molecule has 0 atom stereocenters. The molecule has 0 saturated carbocycles. The van der Waals surface area contributed by atoms with Crippen molar-refractivity contribution < 1.29 is 18.0 Å². The molecule has 0 amide bonds. The van der Waals surface area contributed by atoms with Crippen LogP contribution < -0.4 is 5.90 Å². The molecule has 0 unspecified atom stereocenters. The highest BCUT2D eigenvalue weighted by Gasteiger charge is 2.33. The first kappa shape index (κ1) is 11.3. The second-order valence-electron chi connectivity index (χ2n) is 2.57. The SMILES string of the molecule is NOCc1c(Cl)cccc1C(F)(F)F. The van der Waals surface area contributed by atoms with Gasteiger partial charge in [0.15, 0.2) is 0 Å². The van der Waals surface area contributed by atoms with E-state index in [0.717, 1.165) is 6.07 Å². The minimum atomic E-state index is -4.45. The van der Waals surface area contributed by atoms with Crippen LogP contribution in [0.25, 0.3) is 0 Å². The Bertz CT molecular complexity index is 327. The zero-order valence-electron chi connectivity index (χ0n) is 6.94. The number of hydrogen-bond acceptors (Lipinski definition) is 2. The van der Waals surface area contributed by atoms with E-state index in [0.29, 0.717) is 0 Å². The molecular weight excluding hydrogens is 219 g/mol. The molecule has 1 aromatic carbocycles. The van der Waals surface area contributed by atoms with Gasteiger partial charge in [0.1, 0.15) is 0 Å². The van der Waals surface area contributed by atoms with Gasteiger partial charge in [0.05, 0.1) is 12.2 Å². The molecule has 0 spiro atoms. The predicted octanol–water partition coefficient (Wildman–Crippen LogP) is 2.75. The highest BCUT2D eigenvalue weighted by atomic mass is 35.5. The summed E-state index contributed by atoms with van der Waals surface area (Å²) in [6.07, 6.45) is -4.45. The first-order valence-corrected chi connectivity index (χ1v) is 4.01. The number of alkyl halides is 3. The van der Waals surface area contributed by atoms with Crippen LogP contribution in [0.2, 0.25) is 5.02 Å². The van der Waals surface area contributed by atoms with E-state index in [4.69, 9.17) is 17.5 Å². The first-order valence-electron chi connectivity index (χ1n) is 3.63. The molecule has 0 aliphatic carbocycles. The van der Waals surface area contributed by atoms with E-state index < -0.39 is 11.7 Å². The van der Waals surface area contributed by atoms with E-state index in [2.05, 4.69) is 4.84 Å². The summed E-state index contributed by atoms with van der Waals surface area (Å²) >= 11 is 5.58. The van der Waals surface area contributed by atoms with Gasteiger partial charge in [0.2, 0.25) is 0 Å². The third kappa shape index (κ3) is 2.37. The Labute approximate surface area is 83.4 Å². The average Bonchev–Trinajstić information content (AvgIpc) is 2.07. The van der Waals surface area contributed by atoms with E-state index in [1.54, 1.807) is 0 Å². The smallest absolute Gasteiger partial charge is 0.300 e. The van der Waals surface area contributed by atoms with Crippen LogP contribution in [0, 0.1) is 0 Å². The van der Waals surface area contributed by atoms with Crippen LogP contribution >= 0.6 is 11.6 Å². The molecular formula is C8H7ClF3NO. The van der Waals surface area contributed by atoms with Gasteiger partial charge in [-0.15, -0.1) is 0 Å². The Morgan fingerprint density at radius 2 is 2.00 bits per heavy atom. The Morgan fingerprint density at radius 1 is 1.36 bits per heavy atom. The van der Waals surface area contributed by atoms with E-state index in [9.17, 15) is 13.2 Å². The molecule has 0 aliphatic rings. The molecule has 0 bridgehead atoms. The molecule has 0 fully saturated rings. The number of halogens is 4. The maximum atomic E-state index is 12.4. The van der Waals surface area contributed by atoms with Crippen molar-refractivity contribution in [1.29, 1.82) is 0 Å². The summed E-state index contributed by atoms with van der Waals surface area (Å²) < 4.78 is 37.2. The van der Waals surface area contributed by atoms with Crippen molar-refractivity contribution in [2.24, 2.45) is 5.90 Å².